The summed E-state index contributed by atoms with van der Waals surface area (Å²) in [6.07, 6.45) is 1.84. The summed E-state index contributed by atoms with van der Waals surface area (Å²) in [5.41, 5.74) is 1.97. The number of aryl methyl sites for hydroxylation is 1. The number of halogens is 1. The van der Waals surface area contributed by atoms with Crippen LogP contribution < -0.4 is 20.1 Å². The minimum Gasteiger partial charge on any atom is -0.497 e. The molecule has 8 nitrogen and oxygen atoms in total. The van der Waals surface area contributed by atoms with Gasteiger partial charge in [0.05, 0.1) is 14.2 Å². The Morgan fingerprint density at radius 2 is 1.54 bits per heavy atom. The number of rotatable bonds is 10. The fraction of sp³-hybridized carbons (Fsp3) is 0.300. The van der Waals surface area contributed by atoms with Gasteiger partial charge in [-0.05, 0) is 78.9 Å². The number of methoxy groups -OCH3 is 2. The van der Waals surface area contributed by atoms with Crippen LogP contribution in [0.4, 0.5) is 10.1 Å². The van der Waals surface area contributed by atoms with Gasteiger partial charge in [0.15, 0.2) is 0 Å². The topological polar surface area (TPSA) is 97.0 Å². The van der Waals surface area contributed by atoms with Gasteiger partial charge < -0.3 is 25.0 Å². The molecule has 0 bridgehead atoms. The van der Waals surface area contributed by atoms with Gasteiger partial charge in [0.2, 0.25) is 11.8 Å². The summed E-state index contributed by atoms with van der Waals surface area (Å²) >= 11 is 0. The Hall–Kier alpha value is -4.40. The Bertz CT molecular complexity index is 1280. The molecule has 204 valence electrons. The van der Waals surface area contributed by atoms with Crippen LogP contribution in [0.25, 0.3) is 0 Å². The van der Waals surface area contributed by atoms with Crippen molar-refractivity contribution in [3.05, 3.63) is 89.7 Å². The molecule has 3 aromatic carbocycles. The minimum absolute atomic E-state index is 0.152. The molecule has 0 radical (unpaired) electrons. The SMILES string of the molecule is COc1ccc(NC(=O)[C@@H](NC(=O)[C@@H]2CCCN2C(=O)CCc2ccc(F)cc2)c2ccc(OC)cc2)cc1. The molecule has 9 heteroatoms. The molecule has 1 heterocycles. The van der Waals surface area contributed by atoms with Crippen LogP contribution in [0.15, 0.2) is 72.8 Å². The molecule has 0 aromatic heterocycles. The normalized spacial score (nSPS) is 15.4. The molecule has 1 saturated heterocycles. The molecule has 1 aliphatic heterocycles. The zero-order chi connectivity index (χ0) is 27.8. The number of anilines is 1. The molecular formula is C30H32FN3O5. The zero-order valence-electron chi connectivity index (χ0n) is 22.0. The molecule has 0 spiro atoms. The van der Waals surface area contributed by atoms with Gasteiger partial charge in [-0.2, -0.15) is 0 Å². The van der Waals surface area contributed by atoms with E-state index in [0.717, 1.165) is 5.56 Å². The summed E-state index contributed by atoms with van der Waals surface area (Å²) in [6, 6.07) is 18.1. The smallest absolute Gasteiger partial charge is 0.251 e. The van der Waals surface area contributed by atoms with Crippen LogP contribution in [0.5, 0.6) is 11.5 Å². The van der Waals surface area contributed by atoms with Crippen molar-refractivity contribution in [3.63, 3.8) is 0 Å². The number of amides is 3. The fourth-order valence-electron chi connectivity index (χ4n) is 4.61. The second kappa shape index (κ2) is 12.9. The van der Waals surface area contributed by atoms with E-state index in [-0.39, 0.29) is 18.1 Å². The van der Waals surface area contributed by atoms with E-state index >= 15 is 0 Å². The van der Waals surface area contributed by atoms with E-state index in [2.05, 4.69) is 10.6 Å². The third-order valence-corrected chi connectivity index (χ3v) is 6.77. The third kappa shape index (κ3) is 7.13. The Balaban J connectivity index is 1.47. The lowest BCUT2D eigenvalue weighted by Gasteiger charge is -2.27. The molecule has 0 aliphatic carbocycles. The van der Waals surface area contributed by atoms with E-state index < -0.39 is 23.9 Å². The van der Waals surface area contributed by atoms with Crippen LogP contribution in [0, 0.1) is 5.82 Å². The molecule has 2 atom stereocenters. The number of carbonyl (C=O) groups is 3. The van der Waals surface area contributed by atoms with Crippen LogP contribution in [-0.2, 0) is 20.8 Å². The Morgan fingerprint density at radius 1 is 0.923 bits per heavy atom. The molecule has 0 saturated carbocycles. The maximum Gasteiger partial charge on any atom is 0.251 e. The lowest BCUT2D eigenvalue weighted by atomic mass is 10.0. The average Bonchev–Trinajstić information content (AvgIpc) is 3.46. The molecular weight excluding hydrogens is 501 g/mol. The number of ether oxygens (including phenoxy) is 2. The Morgan fingerprint density at radius 3 is 2.15 bits per heavy atom. The summed E-state index contributed by atoms with van der Waals surface area (Å²) in [5.74, 6) is -0.0322. The maximum atomic E-state index is 13.5. The summed E-state index contributed by atoms with van der Waals surface area (Å²) in [6.45, 7) is 0.464. The molecule has 2 N–H and O–H groups in total. The van der Waals surface area contributed by atoms with Crippen molar-refractivity contribution < 1.29 is 28.2 Å². The third-order valence-electron chi connectivity index (χ3n) is 6.77. The molecule has 3 amide bonds. The first-order chi connectivity index (χ1) is 18.9. The van der Waals surface area contributed by atoms with E-state index in [1.807, 2.05) is 0 Å². The highest BCUT2D eigenvalue weighted by Gasteiger charge is 2.36. The number of benzene rings is 3. The molecule has 4 rings (SSSR count). The summed E-state index contributed by atoms with van der Waals surface area (Å²) in [5, 5.41) is 5.71. The standard InChI is InChI=1S/C30H32FN3O5/c1-38-24-14-8-21(9-15-24)28(30(37)32-23-12-16-25(39-2)17-13-23)33-29(36)26-4-3-19-34(26)27(35)18-7-20-5-10-22(31)11-6-20/h5-6,8-17,26,28H,3-4,7,18-19H2,1-2H3,(H,32,37)(H,33,36)/t26-,28-/m0/s1. The predicted molar refractivity (Wildman–Crippen MR) is 145 cm³/mol. The van der Waals surface area contributed by atoms with E-state index in [4.69, 9.17) is 9.47 Å². The second-order valence-electron chi connectivity index (χ2n) is 9.30. The van der Waals surface area contributed by atoms with Crippen LogP contribution in [0.2, 0.25) is 0 Å². The van der Waals surface area contributed by atoms with Crippen LogP contribution in [0.1, 0.15) is 36.4 Å². The lowest BCUT2D eigenvalue weighted by Crippen LogP contribution is -2.48. The van der Waals surface area contributed by atoms with Gasteiger partial charge in [0.25, 0.3) is 5.91 Å². The first kappa shape index (κ1) is 27.6. The first-order valence-electron chi connectivity index (χ1n) is 12.8. The number of hydrogen-bond acceptors (Lipinski definition) is 5. The van der Waals surface area contributed by atoms with Crippen molar-refractivity contribution in [2.24, 2.45) is 0 Å². The maximum absolute atomic E-state index is 13.5. The van der Waals surface area contributed by atoms with Gasteiger partial charge in [0, 0.05) is 18.7 Å². The fourth-order valence-corrected chi connectivity index (χ4v) is 4.61. The van der Waals surface area contributed by atoms with Crippen molar-refractivity contribution >= 4 is 23.4 Å². The lowest BCUT2D eigenvalue weighted by molar-refractivity contribution is -0.139. The zero-order valence-corrected chi connectivity index (χ0v) is 22.0. The van der Waals surface area contributed by atoms with Gasteiger partial charge in [-0.25, -0.2) is 4.39 Å². The van der Waals surface area contributed by atoms with Gasteiger partial charge in [0.1, 0.15) is 29.4 Å². The molecule has 1 fully saturated rings. The Kier molecular flexibility index (Phi) is 9.14. The van der Waals surface area contributed by atoms with Crippen molar-refractivity contribution in [1.29, 1.82) is 0 Å². The Labute approximate surface area is 227 Å². The van der Waals surface area contributed by atoms with Crippen molar-refractivity contribution in [2.45, 2.75) is 37.8 Å². The average molecular weight is 534 g/mol. The summed E-state index contributed by atoms with van der Waals surface area (Å²) in [4.78, 5) is 41.4. The van der Waals surface area contributed by atoms with Crippen LogP contribution in [0.3, 0.4) is 0 Å². The monoisotopic (exact) mass is 533 g/mol. The number of nitrogens with one attached hydrogen (secondary N) is 2. The van der Waals surface area contributed by atoms with Crippen molar-refractivity contribution in [2.75, 3.05) is 26.1 Å². The van der Waals surface area contributed by atoms with Gasteiger partial charge in [-0.15, -0.1) is 0 Å². The number of likely N-dealkylation sites (tertiary alicyclic amines) is 1. The molecule has 0 unspecified atom stereocenters. The highest BCUT2D eigenvalue weighted by atomic mass is 19.1. The number of nitrogens with zero attached hydrogens (tertiary/aromatic N) is 1. The van der Waals surface area contributed by atoms with Crippen LogP contribution >= 0.6 is 0 Å². The molecule has 1 aliphatic rings. The van der Waals surface area contributed by atoms with Crippen molar-refractivity contribution in [3.8, 4) is 11.5 Å². The minimum atomic E-state index is -0.998. The number of hydrogen-bond donors (Lipinski definition) is 2. The largest absolute Gasteiger partial charge is 0.497 e. The first-order valence-corrected chi connectivity index (χ1v) is 12.8. The van der Waals surface area contributed by atoms with E-state index in [1.54, 1.807) is 79.8 Å². The highest BCUT2D eigenvalue weighted by Crippen LogP contribution is 2.24. The number of carbonyl (C=O) groups excluding carboxylic acids is 3. The predicted octanol–water partition coefficient (Wildman–Crippen LogP) is 4.26. The molecule has 39 heavy (non-hydrogen) atoms. The van der Waals surface area contributed by atoms with Crippen molar-refractivity contribution in [1.82, 2.24) is 10.2 Å². The van der Waals surface area contributed by atoms with E-state index in [9.17, 15) is 18.8 Å². The highest BCUT2D eigenvalue weighted by molar-refractivity contribution is 5.99. The van der Waals surface area contributed by atoms with Gasteiger partial charge >= 0.3 is 0 Å². The second-order valence-corrected chi connectivity index (χ2v) is 9.30. The van der Waals surface area contributed by atoms with E-state index in [1.165, 1.54) is 12.1 Å². The van der Waals surface area contributed by atoms with Crippen LogP contribution in [-0.4, -0.2) is 49.4 Å². The quantitative estimate of drug-likeness (QED) is 0.406. The van der Waals surface area contributed by atoms with Gasteiger partial charge in [-0.1, -0.05) is 24.3 Å². The summed E-state index contributed by atoms with van der Waals surface area (Å²) in [7, 11) is 3.11. The van der Waals surface area contributed by atoms with Gasteiger partial charge in [-0.3, -0.25) is 14.4 Å². The van der Waals surface area contributed by atoms with E-state index in [0.29, 0.717) is 48.6 Å². The molecule has 3 aromatic rings. The summed E-state index contributed by atoms with van der Waals surface area (Å²) < 4.78 is 23.6.